The van der Waals surface area contributed by atoms with Crippen molar-refractivity contribution >= 4 is 0 Å². The molecule has 0 aliphatic carbocycles. The molecule has 0 N–H and O–H groups in total. The summed E-state index contributed by atoms with van der Waals surface area (Å²) in [6.45, 7) is 0. The van der Waals surface area contributed by atoms with Crippen LogP contribution in [-0.4, -0.2) is 0 Å². The minimum absolute atomic E-state index is 0. The zero-order valence-electron chi connectivity index (χ0n) is 1.86. The molecule has 0 aromatic carbocycles. The first kappa shape index (κ1) is 185. The molecule has 0 radical (unpaired) electrons. The largest absolute Gasteiger partial charge is 4.00 e. The van der Waals surface area contributed by atoms with Crippen molar-refractivity contribution in [2.45, 2.75) is 7.43 Å². The van der Waals surface area contributed by atoms with E-state index in [4.69, 9.17) is 0 Å². The molecule has 0 spiro atoms. The predicted octanol–water partition coefficient (Wildman–Crippen LogP) is 0.275. The minimum Gasteiger partial charge on any atom is -2.00 e. The summed E-state index contributed by atoms with van der Waals surface area (Å²) in [5.41, 5.74) is 0. The minimum atomic E-state index is 0. The molecule has 0 rings (SSSR count). The Hall–Kier alpha value is 1.23. The smallest absolute Gasteiger partial charge is 2.00 e. The molecule has 6 heavy (non-hydrogen) atoms. The molecular formula is CH4O3PdPt. The molecule has 0 aromatic heterocycles. The molecule has 0 atom stereocenters. The van der Waals surface area contributed by atoms with Gasteiger partial charge in [-0.05, 0) is 0 Å². The summed E-state index contributed by atoms with van der Waals surface area (Å²) < 4.78 is 0. The molecule has 0 aliphatic rings. The SMILES string of the molecule is C.[O-2].[O-2].[O-2].[Pd+2].[Pt+4]. The van der Waals surface area contributed by atoms with Crippen molar-refractivity contribution < 1.29 is 57.9 Å². The quantitative estimate of drug-likeness (QED) is 0.552. The Kier molecular flexibility index (Phi) is 3480. The second kappa shape index (κ2) is 113. The molecule has 0 saturated heterocycles. The van der Waals surface area contributed by atoms with E-state index in [1.165, 1.54) is 0 Å². The van der Waals surface area contributed by atoms with E-state index in [0.717, 1.165) is 0 Å². The van der Waals surface area contributed by atoms with Crippen LogP contribution >= 0.6 is 0 Å². The molecular weight excluding hydrogens is 362 g/mol. The normalized spacial score (nSPS) is 0. The van der Waals surface area contributed by atoms with Gasteiger partial charge in [0, 0.05) is 0 Å². The van der Waals surface area contributed by atoms with Crippen LogP contribution < -0.4 is 0 Å². The summed E-state index contributed by atoms with van der Waals surface area (Å²) >= 11 is 0. The Morgan fingerprint density at radius 2 is 0.667 bits per heavy atom. The van der Waals surface area contributed by atoms with Crippen LogP contribution in [0.25, 0.3) is 0 Å². The maximum atomic E-state index is 0. The average Bonchev–Trinajstić information content (AvgIpc) is 0. The summed E-state index contributed by atoms with van der Waals surface area (Å²) in [5.74, 6) is 0. The third kappa shape index (κ3) is 61.8. The van der Waals surface area contributed by atoms with Gasteiger partial charge in [-0.25, -0.2) is 0 Å². The van der Waals surface area contributed by atoms with E-state index in [-0.39, 0.29) is 65.3 Å². The monoisotopic (exact) mass is 365 g/mol. The second-order valence-electron chi connectivity index (χ2n) is 0. The number of hydrogen-bond acceptors (Lipinski definition) is 0. The van der Waals surface area contributed by atoms with E-state index < -0.39 is 0 Å². The van der Waals surface area contributed by atoms with E-state index in [9.17, 15) is 0 Å². The van der Waals surface area contributed by atoms with Crippen molar-refractivity contribution in [1.82, 2.24) is 0 Å². The van der Waals surface area contributed by atoms with E-state index in [1.807, 2.05) is 0 Å². The van der Waals surface area contributed by atoms with E-state index >= 15 is 0 Å². The molecule has 0 aliphatic heterocycles. The van der Waals surface area contributed by atoms with Gasteiger partial charge in [0.2, 0.25) is 0 Å². The van der Waals surface area contributed by atoms with Crippen molar-refractivity contribution in [3.63, 3.8) is 0 Å². The zero-order chi connectivity index (χ0) is 0. The van der Waals surface area contributed by atoms with Gasteiger partial charge in [-0.2, -0.15) is 0 Å². The maximum Gasteiger partial charge on any atom is 4.00 e. The van der Waals surface area contributed by atoms with Crippen molar-refractivity contribution in [1.29, 1.82) is 0 Å². The second-order valence-corrected chi connectivity index (χ2v) is 0. The molecule has 3 nitrogen and oxygen atoms in total. The maximum absolute atomic E-state index is 0. The first-order chi connectivity index (χ1) is 0. The van der Waals surface area contributed by atoms with Crippen LogP contribution in [0.3, 0.4) is 0 Å². The van der Waals surface area contributed by atoms with Gasteiger partial charge in [-0.1, -0.05) is 7.43 Å². The first-order valence-corrected chi connectivity index (χ1v) is 0. The summed E-state index contributed by atoms with van der Waals surface area (Å²) in [5, 5.41) is 0. The molecule has 5 heteroatoms. The van der Waals surface area contributed by atoms with Crippen LogP contribution in [0.2, 0.25) is 0 Å². The van der Waals surface area contributed by atoms with Crippen LogP contribution in [0, 0.1) is 0 Å². The topological polar surface area (TPSA) is 85.5 Å². The van der Waals surface area contributed by atoms with E-state index in [0.29, 0.717) is 0 Å². The Balaban J connectivity index is 0. The number of rotatable bonds is 0. The Morgan fingerprint density at radius 3 is 0.667 bits per heavy atom. The summed E-state index contributed by atoms with van der Waals surface area (Å²) in [4.78, 5) is 0. The summed E-state index contributed by atoms with van der Waals surface area (Å²) in [7, 11) is 0. The number of hydrogen-bond donors (Lipinski definition) is 0. The van der Waals surface area contributed by atoms with Gasteiger partial charge in [0.05, 0.1) is 0 Å². The standard InChI is InChI=1S/CH4.3O.Pd.Pt/h1H4;;;;;/q;3*-2;+2;+4. The predicted molar refractivity (Wildman–Crippen MR) is 8.79 cm³/mol. The van der Waals surface area contributed by atoms with Gasteiger partial charge in [0.15, 0.2) is 0 Å². The molecule has 0 bridgehead atoms. The van der Waals surface area contributed by atoms with Gasteiger partial charge >= 0.3 is 41.5 Å². The van der Waals surface area contributed by atoms with Crippen molar-refractivity contribution in [3.05, 3.63) is 0 Å². The van der Waals surface area contributed by atoms with Gasteiger partial charge in [-0.3, -0.25) is 0 Å². The third-order valence-electron chi connectivity index (χ3n) is 0. The average molecular weight is 366 g/mol. The third-order valence-corrected chi connectivity index (χ3v) is 0. The fourth-order valence-electron chi connectivity index (χ4n) is 0. The summed E-state index contributed by atoms with van der Waals surface area (Å²) in [6.07, 6.45) is 0. The van der Waals surface area contributed by atoms with E-state index in [2.05, 4.69) is 0 Å². The Labute approximate surface area is 65.3 Å². The van der Waals surface area contributed by atoms with Gasteiger partial charge in [0.1, 0.15) is 0 Å². The fraction of sp³-hybridized carbons (Fsp3) is 1.00. The molecule has 0 unspecified atom stereocenters. The Morgan fingerprint density at radius 1 is 0.667 bits per heavy atom. The molecule has 0 heterocycles. The fourth-order valence-corrected chi connectivity index (χ4v) is 0. The van der Waals surface area contributed by atoms with Crippen LogP contribution in [0.1, 0.15) is 7.43 Å². The first-order valence-electron chi connectivity index (χ1n) is 0. The van der Waals surface area contributed by atoms with Crippen LogP contribution in [0.15, 0.2) is 0 Å². The van der Waals surface area contributed by atoms with Crippen LogP contribution in [-0.2, 0) is 57.9 Å². The zero-order valence-corrected chi connectivity index (χ0v) is 5.68. The molecule has 0 saturated carbocycles. The van der Waals surface area contributed by atoms with Crippen molar-refractivity contribution in [3.8, 4) is 0 Å². The molecule has 0 aromatic rings. The summed E-state index contributed by atoms with van der Waals surface area (Å²) in [6, 6.07) is 0. The van der Waals surface area contributed by atoms with E-state index in [1.54, 1.807) is 0 Å². The van der Waals surface area contributed by atoms with Gasteiger partial charge < -0.3 is 16.4 Å². The molecule has 46 valence electrons. The van der Waals surface area contributed by atoms with Crippen LogP contribution in [0.4, 0.5) is 0 Å². The van der Waals surface area contributed by atoms with Crippen LogP contribution in [0.5, 0.6) is 0 Å². The van der Waals surface area contributed by atoms with Gasteiger partial charge in [0.25, 0.3) is 0 Å². The molecule has 0 fully saturated rings. The molecule has 0 amide bonds. The van der Waals surface area contributed by atoms with Crippen molar-refractivity contribution in [2.75, 3.05) is 0 Å². The van der Waals surface area contributed by atoms with Crippen molar-refractivity contribution in [2.24, 2.45) is 0 Å². The van der Waals surface area contributed by atoms with Gasteiger partial charge in [-0.15, -0.1) is 0 Å². The Bertz CT molecular complexity index is 10.8.